The zero-order valence-corrected chi connectivity index (χ0v) is 9.08. The molecule has 1 aliphatic carbocycles. The van der Waals surface area contributed by atoms with Crippen molar-refractivity contribution in [1.29, 1.82) is 0 Å². The standard InChI is InChI=1S/C12H15NO2/c1-8(13-14)9-6-7-12(15-2)11-5-3-4-10(9)11/h6-7,14H,3-5H2,1-2H3/b13-8+. The number of nitrogens with zero attached hydrogens (tertiary/aromatic N) is 1. The third kappa shape index (κ3) is 1.58. The van der Waals surface area contributed by atoms with Crippen molar-refractivity contribution < 1.29 is 9.94 Å². The Morgan fingerprint density at radius 1 is 1.33 bits per heavy atom. The van der Waals surface area contributed by atoms with E-state index < -0.39 is 0 Å². The van der Waals surface area contributed by atoms with Crippen molar-refractivity contribution in [3.8, 4) is 5.75 Å². The van der Waals surface area contributed by atoms with E-state index in [1.54, 1.807) is 7.11 Å². The first-order valence-corrected chi connectivity index (χ1v) is 5.15. The van der Waals surface area contributed by atoms with E-state index in [-0.39, 0.29) is 0 Å². The molecule has 3 heteroatoms. The lowest BCUT2D eigenvalue weighted by Gasteiger charge is -2.11. The second-order valence-corrected chi connectivity index (χ2v) is 3.81. The molecule has 0 radical (unpaired) electrons. The molecule has 1 aromatic carbocycles. The molecule has 0 atom stereocenters. The van der Waals surface area contributed by atoms with E-state index in [1.807, 2.05) is 19.1 Å². The second-order valence-electron chi connectivity index (χ2n) is 3.81. The predicted octanol–water partition coefficient (Wildman–Crippen LogP) is 2.38. The summed E-state index contributed by atoms with van der Waals surface area (Å²) in [5, 5.41) is 12.1. The SMILES string of the molecule is COc1ccc(/C(C)=N/O)c2c1CCC2. The largest absolute Gasteiger partial charge is 0.496 e. The summed E-state index contributed by atoms with van der Waals surface area (Å²) in [7, 11) is 1.70. The lowest BCUT2D eigenvalue weighted by molar-refractivity contribution is 0.319. The highest BCUT2D eigenvalue weighted by Gasteiger charge is 2.20. The van der Waals surface area contributed by atoms with E-state index in [4.69, 9.17) is 9.94 Å². The fraction of sp³-hybridized carbons (Fsp3) is 0.417. The van der Waals surface area contributed by atoms with Crippen molar-refractivity contribution in [3.05, 3.63) is 28.8 Å². The molecule has 0 amide bonds. The van der Waals surface area contributed by atoms with Gasteiger partial charge in [-0.1, -0.05) is 5.16 Å². The average Bonchev–Trinajstić information content (AvgIpc) is 2.75. The molecule has 0 heterocycles. The third-order valence-electron chi connectivity index (χ3n) is 3.00. The molecule has 1 aromatic rings. The molecule has 0 bridgehead atoms. The van der Waals surface area contributed by atoms with E-state index in [0.717, 1.165) is 30.6 Å². The minimum absolute atomic E-state index is 0.677. The summed E-state index contributed by atoms with van der Waals surface area (Å²) >= 11 is 0. The normalized spacial score (nSPS) is 15.2. The molecule has 15 heavy (non-hydrogen) atoms. The molecule has 3 nitrogen and oxygen atoms in total. The van der Waals surface area contributed by atoms with Crippen LogP contribution in [0.25, 0.3) is 0 Å². The van der Waals surface area contributed by atoms with Gasteiger partial charge in [0.2, 0.25) is 0 Å². The molecule has 1 N–H and O–H groups in total. The zero-order valence-electron chi connectivity index (χ0n) is 9.08. The molecule has 0 saturated heterocycles. The van der Waals surface area contributed by atoms with Crippen LogP contribution in [0.4, 0.5) is 0 Å². The topological polar surface area (TPSA) is 41.8 Å². The smallest absolute Gasteiger partial charge is 0.122 e. The Kier molecular flexibility index (Phi) is 2.62. The summed E-state index contributed by atoms with van der Waals surface area (Å²) in [6, 6.07) is 3.92. The van der Waals surface area contributed by atoms with E-state index in [0.29, 0.717) is 5.71 Å². The molecular formula is C12H15NO2. The first-order valence-electron chi connectivity index (χ1n) is 5.15. The van der Waals surface area contributed by atoms with Crippen LogP contribution in [0, 0.1) is 0 Å². The van der Waals surface area contributed by atoms with Crippen LogP contribution in [0.15, 0.2) is 17.3 Å². The first-order chi connectivity index (χ1) is 7.27. The number of oxime groups is 1. The van der Waals surface area contributed by atoms with Gasteiger partial charge in [0.05, 0.1) is 12.8 Å². The van der Waals surface area contributed by atoms with Crippen LogP contribution >= 0.6 is 0 Å². The monoisotopic (exact) mass is 205 g/mol. The lowest BCUT2D eigenvalue weighted by atomic mass is 9.99. The van der Waals surface area contributed by atoms with Crippen LogP contribution in [0.2, 0.25) is 0 Å². The summed E-state index contributed by atoms with van der Waals surface area (Å²) in [5.41, 5.74) is 4.28. The van der Waals surface area contributed by atoms with E-state index >= 15 is 0 Å². The highest BCUT2D eigenvalue weighted by atomic mass is 16.5. The maximum atomic E-state index is 8.80. The van der Waals surface area contributed by atoms with E-state index in [1.165, 1.54) is 11.1 Å². The van der Waals surface area contributed by atoms with Crippen molar-refractivity contribution in [2.45, 2.75) is 26.2 Å². The fourth-order valence-corrected chi connectivity index (χ4v) is 2.26. The summed E-state index contributed by atoms with van der Waals surface area (Å²) in [5.74, 6) is 0.956. The second kappa shape index (κ2) is 3.93. The van der Waals surface area contributed by atoms with Crippen molar-refractivity contribution in [2.24, 2.45) is 5.16 Å². The Hall–Kier alpha value is -1.51. The number of rotatable bonds is 2. The molecule has 0 saturated carbocycles. The minimum Gasteiger partial charge on any atom is -0.496 e. The van der Waals surface area contributed by atoms with Crippen LogP contribution in [0.3, 0.4) is 0 Å². The van der Waals surface area contributed by atoms with Crippen LogP contribution in [0.5, 0.6) is 5.75 Å². The van der Waals surface area contributed by atoms with Crippen molar-refractivity contribution in [2.75, 3.05) is 7.11 Å². The maximum Gasteiger partial charge on any atom is 0.122 e. The van der Waals surface area contributed by atoms with Crippen LogP contribution in [-0.2, 0) is 12.8 Å². The van der Waals surface area contributed by atoms with Crippen LogP contribution in [0.1, 0.15) is 30.0 Å². The quantitative estimate of drug-likeness (QED) is 0.457. The highest BCUT2D eigenvalue weighted by molar-refractivity contribution is 6.00. The minimum atomic E-state index is 0.677. The Balaban J connectivity index is 2.56. The summed E-state index contributed by atoms with van der Waals surface area (Å²) in [4.78, 5) is 0. The molecule has 1 aliphatic rings. The molecule has 2 rings (SSSR count). The first kappa shape index (κ1) is 10.0. The highest BCUT2D eigenvalue weighted by Crippen LogP contribution is 2.33. The Bertz CT molecular complexity index is 410. The average molecular weight is 205 g/mol. The Morgan fingerprint density at radius 2 is 2.07 bits per heavy atom. The number of fused-ring (bicyclic) bond motifs is 1. The van der Waals surface area contributed by atoms with Gasteiger partial charge in [0.15, 0.2) is 0 Å². The van der Waals surface area contributed by atoms with Gasteiger partial charge < -0.3 is 9.94 Å². The van der Waals surface area contributed by atoms with Gasteiger partial charge in [0, 0.05) is 5.56 Å². The van der Waals surface area contributed by atoms with Gasteiger partial charge in [0.25, 0.3) is 0 Å². The van der Waals surface area contributed by atoms with Gasteiger partial charge in [-0.15, -0.1) is 0 Å². The summed E-state index contributed by atoms with van der Waals surface area (Å²) in [6.07, 6.45) is 3.27. The Morgan fingerprint density at radius 3 is 2.73 bits per heavy atom. The predicted molar refractivity (Wildman–Crippen MR) is 59.0 cm³/mol. The lowest BCUT2D eigenvalue weighted by Crippen LogP contribution is -2.02. The van der Waals surface area contributed by atoms with Gasteiger partial charge in [-0.2, -0.15) is 0 Å². The van der Waals surface area contributed by atoms with Gasteiger partial charge in [-0.25, -0.2) is 0 Å². The van der Waals surface area contributed by atoms with Gasteiger partial charge in [-0.05, 0) is 49.4 Å². The number of methoxy groups -OCH3 is 1. The summed E-state index contributed by atoms with van der Waals surface area (Å²) in [6.45, 7) is 1.82. The van der Waals surface area contributed by atoms with Gasteiger partial charge >= 0.3 is 0 Å². The molecule has 0 aromatic heterocycles. The van der Waals surface area contributed by atoms with Gasteiger partial charge in [0.1, 0.15) is 5.75 Å². The molecular weight excluding hydrogens is 190 g/mol. The van der Waals surface area contributed by atoms with Crippen molar-refractivity contribution in [3.63, 3.8) is 0 Å². The van der Waals surface area contributed by atoms with Crippen molar-refractivity contribution >= 4 is 5.71 Å². The third-order valence-corrected chi connectivity index (χ3v) is 3.00. The number of hydrogen-bond acceptors (Lipinski definition) is 3. The van der Waals surface area contributed by atoms with E-state index in [9.17, 15) is 0 Å². The van der Waals surface area contributed by atoms with Crippen LogP contribution in [-0.4, -0.2) is 18.0 Å². The maximum absolute atomic E-state index is 8.80. The Labute approximate surface area is 89.4 Å². The molecule has 0 spiro atoms. The molecule has 0 unspecified atom stereocenters. The van der Waals surface area contributed by atoms with Crippen molar-refractivity contribution in [1.82, 2.24) is 0 Å². The van der Waals surface area contributed by atoms with Crippen LogP contribution < -0.4 is 4.74 Å². The van der Waals surface area contributed by atoms with Gasteiger partial charge in [-0.3, -0.25) is 0 Å². The summed E-state index contributed by atoms with van der Waals surface area (Å²) < 4.78 is 5.32. The number of ether oxygens (including phenoxy) is 1. The number of hydrogen-bond donors (Lipinski definition) is 1. The molecule has 0 fully saturated rings. The van der Waals surface area contributed by atoms with E-state index in [2.05, 4.69) is 5.16 Å². The zero-order chi connectivity index (χ0) is 10.8. The molecule has 80 valence electrons. The fourth-order valence-electron chi connectivity index (χ4n) is 2.26. The number of benzene rings is 1. The molecule has 0 aliphatic heterocycles.